The van der Waals surface area contributed by atoms with Gasteiger partial charge in [-0.15, -0.1) is 0 Å². The smallest absolute Gasteiger partial charge is 0.170 e. The molecular weight excluding hydrogens is 244 g/mol. The molecule has 2 aromatic carbocycles. The van der Waals surface area contributed by atoms with Crippen LogP contribution in [0.15, 0.2) is 54.6 Å². The summed E-state index contributed by atoms with van der Waals surface area (Å²) in [6.07, 6.45) is 0.828. The van der Waals surface area contributed by atoms with Crippen LogP contribution < -0.4 is 0 Å². The van der Waals surface area contributed by atoms with Crippen molar-refractivity contribution in [3.63, 3.8) is 0 Å². The van der Waals surface area contributed by atoms with Gasteiger partial charge < -0.3 is 0 Å². The molecule has 0 N–H and O–H groups in total. The second kappa shape index (κ2) is 6.51. The summed E-state index contributed by atoms with van der Waals surface area (Å²) in [6.45, 7) is 6.37. The third kappa shape index (κ3) is 3.16. The molecule has 0 amide bonds. The summed E-state index contributed by atoms with van der Waals surface area (Å²) in [6, 6.07) is 18.1. The van der Waals surface area contributed by atoms with Crippen LogP contribution in [-0.2, 0) is 0 Å². The third-order valence-corrected chi connectivity index (χ3v) is 3.76. The van der Waals surface area contributed by atoms with Gasteiger partial charge in [-0.05, 0) is 29.5 Å². The Balaban J connectivity index is 2.32. The van der Waals surface area contributed by atoms with E-state index in [2.05, 4.69) is 26.8 Å². The van der Waals surface area contributed by atoms with Gasteiger partial charge in [-0.25, -0.2) is 0 Å². The monoisotopic (exact) mass is 266 g/mol. The van der Waals surface area contributed by atoms with E-state index in [1.807, 2.05) is 48.5 Å². The van der Waals surface area contributed by atoms with Crippen molar-refractivity contribution in [2.24, 2.45) is 0 Å². The quantitative estimate of drug-likeness (QED) is 0.681. The topological polar surface area (TPSA) is 17.1 Å². The number of Topliss-reactive ketones (excluding diaryl/α,β-unsaturated/α-hetero) is 1. The van der Waals surface area contributed by atoms with Gasteiger partial charge in [-0.3, -0.25) is 4.79 Å². The molecule has 2 aromatic rings. The highest BCUT2D eigenvalue weighted by Crippen LogP contribution is 2.25. The first-order chi connectivity index (χ1) is 9.63. The largest absolute Gasteiger partial charge is 0.293 e. The number of ketones is 1. The zero-order valence-corrected chi connectivity index (χ0v) is 12.5. The zero-order valence-electron chi connectivity index (χ0n) is 12.5. The predicted molar refractivity (Wildman–Crippen MR) is 84.3 cm³/mol. The number of carbonyl (C=O) groups excluding carboxylic acids is 1. The average Bonchev–Trinajstić information content (AvgIpc) is 2.49. The van der Waals surface area contributed by atoms with E-state index in [1.54, 1.807) is 0 Å². The summed E-state index contributed by atoms with van der Waals surface area (Å²) < 4.78 is 0. The van der Waals surface area contributed by atoms with Gasteiger partial charge in [-0.2, -0.15) is 0 Å². The van der Waals surface area contributed by atoms with Crippen LogP contribution in [0.1, 0.15) is 60.5 Å². The molecule has 20 heavy (non-hydrogen) atoms. The molecule has 0 saturated heterocycles. The molecule has 1 heteroatoms. The summed E-state index contributed by atoms with van der Waals surface area (Å²) >= 11 is 0. The molecule has 1 nitrogen and oxygen atoms in total. The molecule has 0 aliphatic carbocycles. The maximum Gasteiger partial charge on any atom is 0.170 e. The SMILES string of the molecule is CCC(C(=O)c1cccc(C(C)C)c1)c1ccccc1. The summed E-state index contributed by atoms with van der Waals surface area (Å²) in [7, 11) is 0. The highest BCUT2D eigenvalue weighted by Gasteiger charge is 2.20. The van der Waals surface area contributed by atoms with Crippen molar-refractivity contribution in [1.29, 1.82) is 0 Å². The van der Waals surface area contributed by atoms with Crippen molar-refractivity contribution in [2.45, 2.75) is 39.0 Å². The van der Waals surface area contributed by atoms with Crippen LogP contribution in [-0.4, -0.2) is 5.78 Å². The molecule has 104 valence electrons. The van der Waals surface area contributed by atoms with Gasteiger partial charge in [-0.1, -0.05) is 69.3 Å². The normalized spacial score (nSPS) is 12.4. The van der Waals surface area contributed by atoms with Crippen LogP contribution in [0.25, 0.3) is 0 Å². The second-order valence-electron chi connectivity index (χ2n) is 5.52. The fourth-order valence-electron chi connectivity index (χ4n) is 2.51. The van der Waals surface area contributed by atoms with E-state index in [-0.39, 0.29) is 11.7 Å². The lowest BCUT2D eigenvalue weighted by molar-refractivity contribution is 0.0957. The minimum atomic E-state index is -0.0430. The second-order valence-corrected chi connectivity index (χ2v) is 5.52. The minimum absolute atomic E-state index is 0.0430. The summed E-state index contributed by atoms with van der Waals surface area (Å²) in [5, 5.41) is 0. The van der Waals surface area contributed by atoms with E-state index < -0.39 is 0 Å². The molecule has 0 bridgehead atoms. The van der Waals surface area contributed by atoms with Gasteiger partial charge in [0.05, 0.1) is 0 Å². The van der Waals surface area contributed by atoms with Gasteiger partial charge in [0.2, 0.25) is 0 Å². The van der Waals surface area contributed by atoms with Crippen molar-refractivity contribution in [2.75, 3.05) is 0 Å². The van der Waals surface area contributed by atoms with Crippen molar-refractivity contribution >= 4 is 5.78 Å². The lowest BCUT2D eigenvalue weighted by Crippen LogP contribution is -2.12. The highest BCUT2D eigenvalue weighted by atomic mass is 16.1. The number of carbonyl (C=O) groups is 1. The van der Waals surface area contributed by atoms with Crippen LogP contribution in [0.5, 0.6) is 0 Å². The Labute approximate surface area is 121 Å². The summed E-state index contributed by atoms with van der Waals surface area (Å²) in [5.74, 6) is 0.624. The minimum Gasteiger partial charge on any atom is -0.293 e. The van der Waals surface area contributed by atoms with Gasteiger partial charge in [0, 0.05) is 11.5 Å². The fourth-order valence-corrected chi connectivity index (χ4v) is 2.51. The van der Waals surface area contributed by atoms with Gasteiger partial charge in [0.1, 0.15) is 0 Å². The Morgan fingerprint density at radius 3 is 2.20 bits per heavy atom. The standard InChI is InChI=1S/C19H22O/c1-4-18(15-9-6-5-7-10-15)19(20)17-12-8-11-16(13-17)14(2)3/h5-14,18H,4H2,1-3H3. The van der Waals surface area contributed by atoms with Gasteiger partial charge in [0.15, 0.2) is 5.78 Å². The Morgan fingerprint density at radius 1 is 0.950 bits per heavy atom. The fraction of sp³-hybridized carbons (Fsp3) is 0.316. The Hall–Kier alpha value is -1.89. The third-order valence-electron chi connectivity index (χ3n) is 3.76. The number of hydrogen-bond donors (Lipinski definition) is 0. The first-order valence-electron chi connectivity index (χ1n) is 7.32. The molecule has 1 unspecified atom stereocenters. The molecule has 0 aliphatic heterocycles. The Morgan fingerprint density at radius 2 is 1.60 bits per heavy atom. The van der Waals surface area contributed by atoms with Gasteiger partial charge in [0.25, 0.3) is 0 Å². The van der Waals surface area contributed by atoms with Crippen molar-refractivity contribution in [3.8, 4) is 0 Å². The molecular formula is C19H22O. The average molecular weight is 266 g/mol. The van der Waals surface area contributed by atoms with Crippen LogP contribution in [0, 0.1) is 0 Å². The van der Waals surface area contributed by atoms with Crippen molar-refractivity contribution < 1.29 is 4.79 Å². The molecule has 0 spiro atoms. The van der Waals surface area contributed by atoms with E-state index >= 15 is 0 Å². The van der Waals surface area contributed by atoms with E-state index in [9.17, 15) is 4.79 Å². The molecule has 0 saturated carbocycles. The lowest BCUT2D eigenvalue weighted by Gasteiger charge is -2.15. The van der Waals surface area contributed by atoms with Crippen molar-refractivity contribution in [3.05, 3.63) is 71.3 Å². The molecule has 0 fully saturated rings. The van der Waals surface area contributed by atoms with E-state index in [4.69, 9.17) is 0 Å². The maximum atomic E-state index is 12.8. The first kappa shape index (κ1) is 14.5. The van der Waals surface area contributed by atoms with Crippen LogP contribution in [0.4, 0.5) is 0 Å². The van der Waals surface area contributed by atoms with Gasteiger partial charge >= 0.3 is 0 Å². The summed E-state index contributed by atoms with van der Waals surface area (Å²) in [4.78, 5) is 12.8. The number of benzene rings is 2. The first-order valence-corrected chi connectivity index (χ1v) is 7.32. The van der Waals surface area contributed by atoms with Crippen LogP contribution in [0.2, 0.25) is 0 Å². The predicted octanol–water partition coefficient (Wildman–Crippen LogP) is 5.19. The van der Waals surface area contributed by atoms with Crippen LogP contribution in [0.3, 0.4) is 0 Å². The number of hydrogen-bond acceptors (Lipinski definition) is 1. The van der Waals surface area contributed by atoms with E-state index in [0.717, 1.165) is 17.5 Å². The molecule has 2 rings (SSSR count). The summed E-state index contributed by atoms with van der Waals surface area (Å²) in [5.41, 5.74) is 3.15. The zero-order chi connectivity index (χ0) is 14.5. The Bertz CT molecular complexity index is 569. The number of rotatable bonds is 5. The Kier molecular flexibility index (Phi) is 4.73. The molecule has 0 heterocycles. The van der Waals surface area contributed by atoms with Crippen LogP contribution >= 0.6 is 0 Å². The lowest BCUT2D eigenvalue weighted by atomic mass is 9.87. The van der Waals surface area contributed by atoms with Crippen molar-refractivity contribution in [1.82, 2.24) is 0 Å². The highest BCUT2D eigenvalue weighted by molar-refractivity contribution is 6.01. The van der Waals surface area contributed by atoms with E-state index in [1.165, 1.54) is 5.56 Å². The maximum absolute atomic E-state index is 12.8. The molecule has 1 atom stereocenters. The molecule has 0 radical (unpaired) electrons. The van der Waals surface area contributed by atoms with E-state index in [0.29, 0.717) is 5.92 Å². The molecule has 0 aromatic heterocycles. The molecule has 0 aliphatic rings.